The number of benzene rings is 1. The molecule has 0 spiro atoms. The number of hydrogen-bond donors (Lipinski definition) is 1. The molecule has 1 aromatic carbocycles. The lowest BCUT2D eigenvalue weighted by atomic mass is 9.76. The third kappa shape index (κ3) is 4.05. The van der Waals surface area contributed by atoms with Crippen LogP contribution in [0.3, 0.4) is 0 Å². The molecule has 0 bridgehead atoms. The molecular weight excluding hydrogens is 298 g/mol. The smallest absolute Gasteiger partial charge is 0.122 e. The average Bonchev–Trinajstić information content (AvgIpc) is 3.08. The molecule has 0 aliphatic carbocycles. The highest BCUT2D eigenvalue weighted by atomic mass is 16.3. The monoisotopic (exact) mass is 327 g/mol. The number of piperidine rings is 1. The van der Waals surface area contributed by atoms with Crippen LogP contribution in [0.15, 0.2) is 42.7 Å². The lowest BCUT2D eigenvalue weighted by Crippen LogP contribution is -2.45. The van der Waals surface area contributed by atoms with Crippen LogP contribution in [0, 0.1) is 5.41 Å². The van der Waals surface area contributed by atoms with Gasteiger partial charge < -0.3 is 9.67 Å². The molecule has 24 heavy (non-hydrogen) atoms. The quantitative estimate of drug-likeness (QED) is 0.849. The van der Waals surface area contributed by atoms with Crippen molar-refractivity contribution in [1.29, 1.82) is 0 Å². The minimum atomic E-state index is 0.0255. The van der Waals surface area contributed by atoms with Crippen LogP contribution in [0.2, 0.25) is 0 Å². The molecule has 0 amide bonds. The number of aliphatic hydroxyl groups excluding tert-OH is 1. The number of aliphatic hydroxyl groups is 1. The van der Waals surface area contributed by atoms with Crippen molar-refractivity contribution in [3.8, 4) is 0 Å². The second-order valence-electron chi connectivity index (χ2n) is 7.09. The Hall–Kier alpha value is -1.65. The lowest BCUT2D eigenvalue weighted by Gasteiger charge is -2.42. The van der Waals surface area contributed by atoms with E-state index in [1.54, 1.807) is 0 Å². The Kier molecular flexibility index (Phi) is 5.69. The van der Waals surface area contributed by atoms with Gasteiger partial charge in [0.15, 0.2) is 0 Å². The van der Waals surface area contributed by atoms with Gasteiger partial charge >= 0.3 is 0 Å². The molecule has 4 nitrogen and oxygen atoms in total. The Balaban J connectivity index is 1.63. The summed E-state index contributed by atoms with van der Waals surface area (Å²) >= 11 is 0. The third-order valence-corrected chi connectivity index (χ3v) is 5.37. The van der Waals surface area contributed by atoms with Crippen molar-refractivity contribution < 1.29 is 5.11 Å². The standard InChI is InChI=1S/C20H29N3O/c1-2-23-14-12-21-19(23)15-22-13-6-10-20(16-22,17-24)11-9-18-7-4-3-5-8-18/h3-5,7-8,12,14,24H,2,6,9-11,13,15-17H2,1H3/t20-/m1/s1. The molecule has 4 heteroatoms. The largest absolute Gasteiger partial charge is 0.396 e. The maximum atomic E-state index is 10.1. The van der Waals surface area contributed by atoms with Gasteiger partial charge in [0.25, 0.3) is 0 Å². The first kappa shape index (κ1) is 17.2. The van der Waals surface area contributed by atoms with Gasteiger partial charge in [-0.15, -0.1) is 0 Å². The number of nitrogens with zero attached hydrogens (tertiary/aromatic N) is 3. The van der Waals surface area contributed by atoms with Crippen LogP contribution < -0.4 is 0 Å². The maximum absolute atomic E-state index is 10.1. The minimum Gasteiger partial charge on any atom is -0.396 e. The summed E-state index contributed by atoms with van der Waals surface area (Å²) in [4.78, 5) is 6.98. The van der Waals surface area contributed by atoms with Crippen molar-refractivity contribution in [2.24, 2.45) is 5.41 Å². The number of aromatic nitrogens is 2. The highest BCUT2D eigenvalue weighted by Crippen LogP contribution is 2.34. The van der Waals surface area contributed by atoms with Crippen molar-refractivity contribution in [2.45, 2.75) is 45.7 Å². The fraction of sp³-hybridized carbons (Fsp3) is 0.550. The zero-order chi connectivity index (χ0) is 16.8. The summed E-state index contributed by atoms with van der Waals surface area (Å²) in [5.74, 6) is 1.13. The lowest BCUT2D eigenvalue weighted by molar-refractivity contribution is 0.0210. The van der Waals surface area contributed by atoms with Gasteiger partial charge in [-0.1, -0.05) is 30.3 Å². The highest BCUT2D eigenvalue weighted by Gasteiger charge is 2.34. The molecule has 3 rings (SSSR count). The molecule has 1 aliphatic rings. The van der Waals surface area contributed by atoms with Gasteiger partial charge in [-0.3, -0.25) is 4.90 Å². The van der Waals surface area contributed by atoms with E-state index in [2.05, 4.69) is 51.7 Å². The van der Waals surface area contributed by atoms with Crippen LogP contribution in [0.5, 0.6) is 0 Å². The fourth-order valence-electron chi connectivity index (χ4n) is 3.89. The third-order valence-electron chi connectivity index (χ3n) is 5.37. The first-order valence-corrected chi connectivity index (χ1v) is 9.12. The molecule has 1 aliphatic heterocycles. The van der Waals surface area contributed by atoms with Gasteiger partial charge in [-0.05, 0) is 44.7 Å². The van der Waals surface area contributed by atoms with Crippen molar-refractivity contribution in [2.75, 3.05) is 19.7 Å². The Morgan fingerprint density at radius 2 is 2.08 bits per heavy atom. The van der Waals surface area contributed by atoms with Gasteiger partial charge in [-0.2, -0.15) is 0 Å². The van der Waals surface area contributed by atoms with Crippen LogP contribution in [0.1, 0.15) is 37.6 Å². The van der Waals surface area contributed by atoms with Crippen molar-refractivity contribution >= 4 is 0 Å². The number of likely N-dealkylation sites (tertiary alicyclic amines) is 1. The van der Waals surface area contributed by atoms with E-state index in [1.807, 2.05) is 12.4 Å². The molecule has 1 fully saturated rings. The summed E-state index contributed by atoms with van der Waals surface area (Å²) in [6.45, 7) is 6.34. The van der Waals surface area contributed by atoms with Crippen LogP contribution in [-0.4, -0.2) is 39.3 Å². The zero-order valence-electron chi connectivity index (χ0n) is 14.7. The predicted molar refractivity (Wildman–Crippen MR) is 96.7 cm³/mol. The summed E-state index contributed by atoms with van der Waals surface area (Å²) in [7, 11) is 0. The second kappa shape index (κ2) is 7.95. The number of hydrogen-bond acceptors (Lipinski definition) is 3. The fourth-order valence-corrected chi connectivity index (χ4v) is 3.89. The minimum absolute atomic E-state index is 0.0255. The molecule has 0 saturated carbocycles. The normalized spacial score (nSPS) is 21.9. The van der Waals surface area contributed by atoms with Crippen molar-refractivity contribution in [3.05, 3.63) is 54.1 Å². The number of rotatable bonds is 7. The van der Waals surface area contributed by atoms with Crippen molar-refractivity contribution in [1.82, 2.24) is 14.5 Å². The molecular formula is C20H29N3O. The SMILES string of the molecule is CCn1ccnc1CN1CCC[C@@](CO)(CCc2ccccc2)C1. The maximum Gasteiger partial charge on any atom is 0.122 e. The van der Waals surface area contributed by atoms with Gasteiger partial charge in [0.1, 0.15) is 5.82 Å². The Morgan fingerprint density at radius 1 is 1.25 bits per heavy atom. The Bertz CT molecular complexity index is 625. The van der Waals surface area contributed by atoms with E-state index in [0.29, 0.717) is 0 Å². The van der Waals surface area contributed by atoms with E-state index in [0.717, 1.165) is 57.7 Å². The molecule has 1 N–H and O–H groups in total. The van der Waals surface area contributed by atoms with E-state index >= 15 is 0 Å². The first-order chi connectivity index (χ1) is 11.7. The van der Waals surface area contributed by atoms with Crippen LogP contribution >= 0.6 is 0 Å². The molecule has 1 aromatic heterocycles. The van der Waals surface area contributed by atoms with Gasteiger partial charge in [0, 0.05) is 37.5 Å². The second-order valence-corrected chi connectivity index (χ2v) is 7.09. The molecule has 0 unspecified atom stereocenters. The highest BCUT2D eigenvalue weighted by molar-refractivity contribution is 5.15. The zero-order valence-corrected chi connectivity index (χ0v) is 14.7. The van der Waals surface area contributed by atoms with Gasteiger partial charge in [0.2, 0.25) is 0 Å². The molecule has 1 saturated heterocycles. The van der Waals surface area contributed by atoms with Crippen LogP contribution in [0.25, 0.3) is 0 Å². The average molecular weight is 327 g/mol. The molecule has 130 valence electrons. The summed E-state index contributed by atoms with van der Waals surface area (Å²) in [5, 5.41) is 10.1. The summed E-state index contributed by atoms with van der Waals surface area (Å²) in [6, 6.07) is 10.6. The van der Waals surface area contributed by atoms with E-state index < -0.39 is 0 Å². The predicted octanol–water partition coefficient (Wildman–Crippen LogP) is 3.11. The van der Waals surface area contributed by atoms with E-state index in [4.69, 9.17) is 0 Å². The molecule has 2 aromatic rings. The molecule has 2 heterocycles. The molecule has 0 radical (unpaired) electrons. The first-order valence-electron chi connectivity index (χ1n) is 9.12. The van der Waals surface area contributed by atoms with Crippen LogP contribution in [-0.2, 0) is 19.5 Å². The number of aryl methyl sites for hydroxylation is 2. The van der Waals surface area contributed by atoms with E-state index in [9.17, 15) is 5.11 Å². The number of imidazole rings is 1. The van der Waals surface area contributed by atoms with Crippen molar-refractivity contribution in [3.63, 3.8) is 0 Å². The van der Waals surface area contributed by atoms with E-state index in [-0.39, 0.29) is 12.0 Å². The summed E-state index contributed by atoms with van der Waals surface area (Å²) in [5.41, 5.74) is 1.39. The van der Waals surface area contributed by atoms with E-state index in [1.165, 1.54) is 5.56 Å². The Morgan fingerprint density at radius 3 is 2.83 bits per heavy atom. The molecule has 1 atom stereocenters. The Labute approximate surface area is 145 Å². The summed E-state index contributed by atoms with van der Waals surface area (Å²) < 4.78 is 2.21. The van der Waals surface area contributed by atoms with Gasteiger partial charge in [-0.25, -0.2) is 4.98 Å². The van der Waals surface area contributed by atoms with Crippen LogP contribution in [0.4, 0.5) is 0 Å². The van der Waals surface area contributed by atoms with Gasteiger partial charge in [0.05, 0.1) is 6.54 Å². The topological polar surface area (TPSA) is 41.3 Å². The summed E-state index contributed by atoms with van der Waals surface area (Å²) in [6.07, 6.45) is 8.30.